The largest absolute Gasteiger partial charge is 0.329 e. The zero-order chi connectivity index (χ0) is 14.5. The van der Waals surface area contributed by atoms with Gasteiger partial charge in [-0.3, -0.25) is 0 Å². The number of nitrogens with one attached hydrogen (secondary N) is 1. The lowest BCUT2D eigenvalue weighted by atomic mass is 10.2. The number of nitrogens with zero attached hydrogens (tertiary/aromatic N) is 2. The number of rotatable bonds is 6. The highest BCUT2D eigenvalue weighted by Gasteiger charge is 2.08. The standard InChI is InChI=1S/C15H19F2N3/c1-11(2)6-18-7-14-8-19-10-20(14)9-12-5-13(16)3-4-15(12)17/h3-5,8,10-11,18H,6-7,9H2,1-2H3. The molecule has 0 radical (unpaired) electrons. The van der Waals surface area contributed by atoms with Crippen LogP contribution >= 0.6 is 0 Å². The van der Waals surface area contributed by atoms with Crippen LogP contribution in [0, 0.1) is 17.6 Å². The van der Waals surface area contributed by atoms with Crippen molar-refractivity contribution in [3.63, 3.8) is 0 Å². The first-order chi connectivity index (χ1) is 9.56. The normalized spacial score (nSPS) is 11.2. The third-order valence-electron chi connectivity index (χ3n) is 3.01. The van der Waals surface area contributed by atoms with Gasteiger partial charge in [0.2, 0.25) is 0 Å². The van der Waals surface area contributed by atoms with E-state index in [1.54, 1.807) is 12.5 Å². The van der Waals surface area contributed by atoms with Crippen LogP contribution in [0.4, 0.5) is 8.78 Å². The lowest BCUT2D eigenvalue weighted by molar-refractivity contribution is 0.534. The van der Waals surface area contributed by atoms with E-state index in [4.69, 9.17) is 0 Å². The van der Waals surface area contributed by atoms with Gasteiger partial charge >= 0.3 is 0 Å². The number of hydrogen-bond acceptors (Lipinski definition) is 2. The topological polar surface area (TPSA) is 29.9 Å². The van der Waals surface area contributed by atoms with Crippen LogP contribution in [0.25, 0.3) is 0 Å². The van der Waals surface area contributed by atoms with Crippen LogP contribution in [0.15, 0.2) is 30.7 Å². The van der Waals surface area contributed by atoms with E-state index in [-0.39, 0.29) is 6.54 Å². The Balaban J connectivity index is 2.06. The van der Waals surface area contributed by atoms with Crippen LogP contribution in [0.3, 0.4) is 0 Å². The summed E-state index contributed by atoms with van der Waals surface area (Å²) >= 11 is 0. The minimum Gasteiger partial charge on any atom is -0.329 e. The van der Waals surface area contributed by atoms with Crippen LogP contribution in [-0.2, 0) is 13.1 Å². The Kier molecular flexibility index (Phi) is 4.84. The molecule has 3 nitrogen and oxygen atoms in total. The average molecular weight is 279 g/mol. The summed E-state index contributed by atoms with van der Waals surface area (Å²) < 4.78 is 28.6. The smallest absolute Gasteiger partial charge is 0.128 e. The number of halogens is 2. The highest BCUT2D eigenvalue weighted by Crippen LogP contribution is 2.12. The second-order valence-corrected chi connectivity index (χ2v) is 5.27. The maximum atomic E-state index is 13.6. The predicted octanol–water partition coefficient (Wildman–Crippen LogP) is 2.96. The van der Waals surface area contributed by atoms with Crippen molar-refractivity contribution in [2.75, 3.05) is 6.54 Å². The Bertz CT molecular complexity index is 564. The van der Waals surface area contributed by atoms with Gasteiger partial charge < -0.3 is 9.88 Å². The lowest BCUT2D eigenvalue weighted by Crippen LogP contribution is -2.21. The van der Waals surface area contributed by atoms with E-state index in [9.17, 15) is 8.78 Å². The minimum absolute atomic E-state index is 0.280. The molecule has 0 saturated heterocycles. The Hall–Kier alpha value is -1.75. The van der Waals surface area contributed by atoms with Crippen molar-refractivity contribution in [1.29, 1.82) is 0 Å². The Labute approximate surface area is 117 Å². The van der Waals surface area contributed by atoms with Gasteiger partial charge in [-0.05, 0) is 30.7 Å². The maximum absolute atomic E-state index is 13.6. The Morgan fingerprint density at radius 3 is 2.85 bits per heavy atom. The van der Waals surface area contributed by atoms with Crippen LogP contribution in [0.5, 0.6) is 0 Å². The highest BCUT2D eigenvalue weighted by atomic mass is 19.1. The van der Waals surface area contributed by atoms with E-state index in [0.29, 0.717) is 18.0 Å². The van der Waals surface area contributed by atoms with Crippen LogP contribution < -0.4 is 5.32 Å². The van der Waals surface area contributed by atoms with E-state index in [1.165, 1.54) is 6.07 Å². The van der Waals surface area contributed by atoms with Crippen molar-refractivity contribution in [3.05, 3.63) is 53.6 Å². The summed E-state index contributed by atoms with van der Waals surface area (Å²) in [6.07, 6.45) is 3.38. The fourth-order valence-electron chi connectivity index (χ4n) is 1.97. The van der Waals surface area contributed by atoms with Crippen molar-refractivity contribution < 1.29 is 8.78 Å². The molecule has 1 heterocycles. The number of imidazole rings is 1. The summed E-state index contributed by atoms with van der Waals surface area (Å²) in [7, 11) is 0. The summed E-state index contributed by atoms with van der Waals surface area (Å²) in [6, 6.07) is 3.50. The molecule has 0 aliphatic carbocycles. The maximum Gasteiger partial charge on any atom is 0.128 e. The SMILES string of the molecule is CC(C)CNCc1cncn1Cc1cc(F)ccc1F. The zero-order valence-electron chi connectivity index (χ0n) is 11.7. The van der Waals surface area contributed by atoms with Gasteiger partial charge in [0.1, 0.15) is 11.6 Å². The summed E-state index contributed by atoms with van der Waals surface area (Å²) in [5.41, 5.74) is 1.28. The van der Waals surface area contributed by atoms with E-state index >= 15 is 0 Å². The van der Waals surface area contributed by atoms with Crippen LogP contribution in [0.1, 0.15) is 25.1 Å². The molecule has 2 aromatic rings. The first kappa shape index (κ1) is 14.7. The van der Waals surface area contributed by atoms with Crippen LogP contribution in [-0.4, -0.2) is 16.1 Å². The van der Waals surface area contributed by atoms with Gasteiger partial charge in [-0.1, -0.05) is 13.8 Å². The first-order valence-electron chi connectivity index (χ1n) is 6.70. The molecule has 2 rings (SSSR count). The van der Waals surface area contributed by atoms with Gasteiger partial charge in [0.25, 0.3) is 0 Å². The number of benzene rings is 1. The summed E-state index contributed by atoms with van der Waals surface area (Å²) in [5, 5.41) is 3.31. The van der Waals surface area contributed by atoms with Gasteiger partial charge in [0, 0.05) is 18.3 Å². The first-order valence-corrected chi connectivity index (χ1v) is 6.70. The number of hydrogen-bond donors (Lipinski definition) is 1. The summed E-state index contributed by atoms with van der Waals surface area (Å²) in [4.78, 5) is 4.07. The average Bonchev–Trinajstić information content (AvgIpc) is 2.81. The fraction of sp³-hybridized carbons (Fsp3) is 0.400. The van der Waals surface area contributed by atoms with Crippen molar-refractivity contribution in [3.8, 4) is 0 Å². The molecule has 5 heteroatoms. The lowest BCUT2D eigenvalue weighted by Gasteiger charge is -2.11. The molecule has 0 fully saturated rings. The zero-order valence-corrected chi connectivity index (χ0v) is 11.7. The monoisotopic (exact) mass is 279 g/mol. The molecule has 20 heavy (non-hydrogen) atoms. The molecule has 0 bridgehead atoms. The molecule has 0 spiro atoms. The molecule has 0 aliphatic heterocycles. The third-order valence-corrected chi connectivity index (χ3v) is 3.01. The molecule has 0 unspecified atom stereocenters. The van der Waals surface area contributed by atoms with Gasteiger partial charge in [0.05, 0.1) is 18.6 Å². The van der Waals surface area contributed by atoms with Crippen molar-refractivity contribution in [1.82, 2.24) is 14.9 Å². The van der Waals surface area contributed by atoms with Gasteiger partial charge in [-0.15, -0.1) is 0 Å². The van der Waals surface area contributed by atoms with Gasteiger partial charge in [-0.2, -0.15) is 0 Å². The molecule has 0 amide bonds. The predicted molar refractivity (Wildman–Crippen MR) is 74.2 cm³/mol. The Morgan fingerprint density at radius 2 is 2.10 bits per heavy atom. The van der Waals surface area contributed by atoms with Crippen molar-refractivity contribution >= 4 is 0 Å². The highest BCUT2D eigenvalue weighted by molar-refractivity contribution is 5.19. The number of aromatic nitrogens is 2. The molecule has 1 N–H and O–H groups in total. The van der Waals surface area contributed by atoms with Crippen LogP contribution in [0.2, 0.25) is 0 Å². The second kappa shape index (κ2) is 6.61. The quantitative estimate of drug-likeness (QED) is 0.881. The minimum atomic E-state index is -0.430. The van der Waals surface area contributed by atoms with E-state index in [1.807, 2.05) is 4.57 Å². The Morgan fingerprint density at radius 1 is 1.30 bits per heavy atom. The molecule has 0 aliphatic rings. The van der Waals surface area contributed by atoms with E-state index < -0.39 is 11.6 Å². The molecule has 1 aromatic carbocycles. The summed E-state index contributed by atoms with van der Waals surface area (Å²) in [5.74, 6) is -0.269. The van der Waals surface area contributed by atoms with Crippen molar-refractivity contribution in [2.45, 2.75) is 26.9 Å². The van der Waals surface area contributed by atoms with Crippen molar-refractivity contribution in [2.24, 2.45) is 5.92 Å². The summed E-state index contributed by atoms with van der Waals surface area (Å²) in [6.45, 7) is 6.11. The molecule has 1 aromatic heterocycles. The third kappa shape index (κ3) is 3.87. The molecule has 0 saturated carbocycles. The fourth-order valence-corrected chi connectivity index (χ4v) is 1.97. The van der Waals surface area contributed by atoms with Gasteiger partial charge in [0.15, 0.2) is 0 Å². The van der Waals surface area contributed by atoms with Gasteiger partial charge in [-0.25, -0.2) is 13.8 Å². The molecular formula is C15H19F2N3. The second-order valence-electron chi connectivity index (χ2n) is 5.27. The molecule has 0 atom stereocenters. The van der Waals surface area contributed by atoms with E-state index in [0.717, 1.165) is 24.4 Å². The van der Waals surface area contributed by atoms with E-state index in [2.05, 4.69) is 24.1 Å². The molecule has 108 valence electrons. The molecular weight excluding hydrogens is 260 g/mol.